The summed E-state index contributed by atoms with van der Waals surface area (Å²) >= 11 is 0. The lowest BCUT2D eigenvalue weighted by Crippen LogP contribution is -2.23. The van der Waals surface area contributed by atoms with Crippen LogP contribution in [0.5, 0.6) is 0 Å². The Morgan fingerprint density at radius 3 is 2.14 bits per heavy atom. The van der Waals surface area contributed by atoms with Crippen LogP contribution in [0, 0.1) is 16.7 Å². The molecule has 0 unspecified atom stereocenters. The number of allylic oxidation sites excluding steroid dienone is 1. The highest BCUT2D eigenvalue weighted by Gasteiger charge is 2.36. The number of aryl methyl sites for hydroxylation is 1. The van der Waals surface area contributed by atoms with E-state index in [1.807, 2.05) is 36.4 Å². The van der Waals surface area contributed by atoms with Crippen LogP contribution in [-0.2, 0) is 22.1 Å². The highest BCUT2D eigenvalue weighted by atomic mass is 19.4. The number of carbonyl (C=O) groups is 1. The van der Waals surface area contributed by atoms with E-state index < -0.39 is 23.1 Å². The summed E-state index contributed by atoms with van der Waals surface area (Å²) in [5.74, 6) is -1.05. The first-order valence-corrected chi connectivity index (χ1v) is 9.10. The summed E-state index contributed by atoms with van der Waals surface area (Å²) in [6.07, 6.45) is -4.09. The molecular weight excluding hydrogens is 379 g/mol. The molecule has 0 atom stereocenters. The van der Waals surface area contributed by atoms with Crippen molar-refractivity contribution in [1.82, 2.24) is 0 Å². The molecule has 2 rings (SSSR count). The summed E-state index contributed by atoms with van der Waals surface area (Å²) in [7, 11) is 0. The lowest BCUT2D eigenvalue weighted by molar-refractivity contribution is -0.146. The Balaban J connectivity index is 2.56. The molecule has 0 radical (unpaired) electrons. The van der Waals surface area contributed by atoms with Crippen molar-refractivity contribution in [3.8, 4) is 6.07 Å². The molecule has 0 heterocycles. The number of benzene rings is 2. The summed E-state index contributed by atoms with van der Waals surface area (Å²) in [6.45, 7) is 4.79. The molecule has 0 N–H and O–H groups in total. The average Bonchev–Trinajstić information content (AvgIpc) is 2.66. The van der Waals surface area contributed by atoms with E-state index in [0.717, 1.165) is 11.6 Å². The number of nitriles is 1. The maximum Gasteiger partial charge on any atom is 0.417 e. The Labute approximate surface area is 168 Å². The van der Waals surface area contributed by atoms with Crippen LogP contribution in [0.15, 0.2) is 60.2 Å². The third-order valence-electron chi connectivity index (χ3n) is 4.20. The van der Waals surface area contributed by atoms with Crippen LogP contribution in [0.2, 0.25) is 0 Å². The lowest BCUT2D eigenvalue weighted by atomic mass is 9.96. The van der Waals surface area contributed by atoms with Gasteiger partial charge in [-0.2, -0.15) is 18.4 Å². The second kappa shape index (κ2) is 8.95. The maximum atomic E-state index is 13.6. The van der Waals surface area contributed by atoms with Gasteiger partial charge >= 0.3 is 12.1 Å². The maximum absolute atomic E-state index is 13.6. The molecule has 0 aliphatic carbocycles. The number of alkyl halides is 3. The highest BCUT2D eigenvalue weighted by molar-refractivity contribution is 5.84. The molecular formula is C23H22F3NO2. The number of esters is 1. The van der Waals surface area contributed by atoms with E-state index in [9.17, 15) is 23.2 Å². The number of hydrogen-bond donors (Lipinski definition) is 0. The van der Waals surface area contributed by atoms with Crippen molar-refractivity contribution in [2.75, 3.05) is 0 Å². The molecule has 29 heavy (non-hydrogen) atoms. The van der Waals surface area contributed by atoms with E-state index in [4.69, 9.17) is 4.74 Å². The largest absolute Gasteiger partial charge is 0.424 e. The minimum absolute atomic E-state index is 0.0110. The van der Waals surface area contributed by atoms with Crippen molar-refractivity contribution in [3.63, 3.8) is 0 Å². The Kier molecular flexibility index (Phi) is 6.86. The van der Waals surface area contributed by atoms with Crippen LogP contribution in [0.3, 0.4) is 0 Å². The van der Waals surface area contributed by atoms with Crippen LogP contribution in [0.4, 0.5) is 13.2 Å². The highest BCUT2D eigenvalue weighted by Crippen LogP contribution is 2.37. The third-order valence-corrected chi connectivity index (χ3v) is 4.20. The zero-order valence-electron chi connectivity index (χ0n) is 16.5. The minimum atomic E-state index is -4.66. The zero-order valence-corrected chi connectivity index (χ0v) is 16.5. The van der Waals surface area contributed by atoms with Gasteiger partial charge in [0.15, 0.2) is 5.76 Å². The lowest BCUT2D eigenvalue weighted by Gasteiger charge is -2.21. The molecule has 6 heteroatoms. The number of nitrogens with zero attached hydrogens (tertiary/aromatic N) is 1. The number of rotatable bonds is 5. The molecule has 0 aromatic heterocycles. The van der Waals surface area contributed by atoms with Gasteiger partial charge in [-0.25, -0.2) is 0 Å². The van der Waals surface area contributed by atoms with Crippen LogP contribution >= 0.6 is 0 Å². The molecule has 0 saturated heterocycles. The van der Waals surface area contributed by atoms with Crippen molar-refractivity contribution in [2.24, 2.45) is 5.41 Å². The van der Waals surface area contributed by atoms with Gasteiger partial charge < -0.3 is 4.74 Å². The fraction of sp³-hybridized carbons (Fsp3) is 0.304. The number of ether oxygens (including phenoxy) is 1. The summed E-state index contributed by atoms with van der Waals surface area (Å²) in [5.41, 5.74) is -1.31. The van der Waals surface area contributed by atoms with Gasteiger partial charge in [0.05, 0.1) is 22.6 Å². The smallest absolute Gasteiger partial charge is 0.417 e. The van der Waals surface area contributed by atoms with Crippen molar-refractivity contribution in [3.05, 3.63) is 76.9 Å². The standard InChI is InChI=1S/C23H22F3NO2/c1-22(2,3)21(28)29-20(18-11-7-8-12-19(18)23(24,25)26)17(15-27)14-13-16-9-5-4-6-10-16/h4-12H,13-14H2,1-3H3. The zero-order chi connectivity index (χ0) is 21.7. The normalized spacial score (nSPS) is 12.7. The summed E-state index contributed by atoms with van der Waals surface area (Å²) in [6, 6.07) is 16.0. The molecule has 0 bridgehead atoms. The van der Waals surface area contributed by atoms with Gasteiger partial charge in [-0.1, -0.05) is 48.5 Å². The van der Waals surface area contributed by atoms with E-state index >= 15 is 0 Å². The number of halogens is 3. The first-order chi connectivity index (χ1) is 13.5. The predicted octanol–water partition coefficient (Wildman–Crippen LogP) is 6.16. The molecule has 0 fully saturated rings. The molecule has 0 spiro atoms. The Morgan fingerprint density at radius 1 is 1.00 bits per heavy atom. The summed E-state index contributed by atoms with van der Waals surface area (Å²) < 4.78 is 46.1. The topological polar surface area (TPSA) is 50.1 Å². The third kappa shape index (κ3) is 5.95. The fourth-order valence-electron chi connectivity index (χ4n) is 2.59. The molecule has 0 saturated carbocycles. The monoisotopic (exact) mass is 401 g/mol. The molecule has 2 aromatic rings. The Morgan fingerprint density at radius 2 is 1.59 bits per heavy atom. The van der Waals surface area contributed by atoms with E-state index in [1.54, 1.807) is 20.8 Å². The second-order valence-corrected chi connectivity index (χ2v) is 7.59. The Hall–Kier alpha value is -3.07. The minimum Gasteiger partial charge on any atom is -0.424 e. The van der Waals surface area contributed by atoms with E-state index in [-0.39, 0.29) is 23.3 Å². The average molecular weight is 401 g/mol. The summed E-state index contributed by atoms with van der Waals surface area (Å²) in [5, 5.41) is 9.66. The number of carbonyl (C=O) groups excluding carboxylic acids is 1. The van der Waals surface area contributed by atoms with Crippen LogP contribution in [0.1, 0.15) is 43.9 Å². The van der Waals surface area contributed by atoms with Gasteiger partial charge in [-0.3, -0.25) is 4.79 Å². The Bertz CT molecular complexity index is 933. The van der Waals surface area contributed by atoms with Crippen molar-refractivity contribution in [2.45, 2.75) is 39.8 Å². The van der Waals surface area contributed by atoms with E-state index in [1.165, 1.54) is 18.2 Å². The molecule has 3 nitrogen and oxygen atoms in total. The van der Waals surface area contributed by atoms with Gasteiger partial charge in [0, 0.05) is 5.56 Å². The van der Waals surface area contributed by atoms with Crippen LogP contribution in [-0.4, -0.2) is 5.97 Å². The SMILES string of the molecule is CC(C)(C)C(=O)OC(=C(C#N)CCc1ccccc1)c1ccccc1C(F)(F)F. The van der Waals surface area contributed by atoms with Gasteiger partial charge in [-0.05, 0) is 45.2 Å². The van der Waals surface area contributed by atoms with Crippen LogP contribution in [0.25, 0.3) is 5.76 Å². The second-order valence-electron chi connectivity index (χ2n) is 7.59. The van der Waals surface area contributed by atoms with E-state index in [0.29, 0.717) is 6.42 Å². The molecule has 152 valence electrons. The van der Waals surface area contributed by atoms with E-state index in [2.05, 4.69) is 0 Å². The first-order valence-electron chi connectivity index (χ1n) is 9.10. The van der Waals surface area contributed by atoms with Crippen LogP contribution < -0.4 is 0 Å². The summed E-state index contributed by atoms with van der Waals surface area (Å²) in [4.78, 5) is 12.5. The van der Waals surface area contributed by atoms with Gasteiger partial charge in [-0.15, -0.1) is 0 Å². The number of hydrogen-bond acceptors (Lipinski definition) is 3. The molecule has 0 aliphatic heterocycles. The van der Waals surface area contributed by atoms with Crippen molar-refractivity contribution >= 4 is 11.7 Å². The molecule has 0 aliphatic rings. The van der Waals surface area contributed by atoms with Gasteiger partial charge in [0.2, 0.25) is 0 Å². The van der Waals surface area contributed by atoms with Crippen molar-refractivity contribution in [1.29, 1.82) is 5.26 Å². The van der Waals surface area contributed by atoms with Gasteiger partial charge in [0.1, 0.15) is 0 Å². The quantitative estimate of drug-likeness (QED) is 0.342. The van der Waals surface area contributed by atoms with Crippen molar-refractivity contribution < 1.29 is 22.7 Å². The molecule has 2 aromatic carbocycles. The van der Waals surface area contributed by atoms with Gasteiger partial charge in [0.25, 0.3) is 0 Å². The molecule has 0 amide bonds. The predicted molar refractivity (Wildman–Crippen MR) is 104 cm³/mol. The first kappa shape index (κ1) is 22.2. The fourth-order valence-corrected chi connectivity index (χ4v) is 2.59.